The smallest absolute Gasteiger partial charge is 0.462 e. The first-order valence-electron chi connectivity index (χ1n) is 19.5. The molecule has 0 radical (unpaired) electrons. The fourth-order valence-electron chi connectivity index (χ4n) is 4.72. The van der Waals surface area contributed by atoms with Crippen molar-refractivity contribution < 1.29 is 37.9 Å². The van der Waals surface area contributed by atoms with Gasteiger partial charge in [-0.25, -0.2) is 4.57 Å². The fraction of sp³-hybridized carbons (Fsp3) is 0.581. The van der Waals surface area contributed by atoms with E-state index in [9.17, 15) is 14.2 Å². The van der Waals surface area contributed by atoms with Crippen LogP contribution in [0.1, 0.15) is 142 Å². The lowest BCUT2D eigenvalue weighted by molar-refractivity contribution is -0.161. The maximum atomic E-state index is 12.3. The molecule has 0 unspecified atom stereocenters. The van der Waals surface area contributed by atoms with Crippen LogP contribution in [0.4, 0.5) is 0 Å². The fourth-order valence-corrected chi connectivity index (χ4v) is 5.08. The molecule has 9 heteroatoms. The highest BCUT2D eigenvalue weighted by atomic mass is 31.2. The predicted octanol–water partition coefficient (Wildman–Crippen LogP) is 11.8. The van der Waals surface area contributed by atoms with Gasteiger partial charge in [-0.05, 0) is 83.5 Å². The lowest BCUT2D eigenvalue weighted by Gasteiger charge is -2.18. The van der Waals surface area contributed by atoms with Crippen molar-refractivity contribution in [1.29, 1.82) is 0 Å². The average molecular weight is 745 g/mol. The Morgan fingerprint density at radius 3 is 1.46 bits per heavy atom. The van der Waals surface area contributed by atoms with E-state index in [-0.39, 0.29) is 19.4 Å². The van der Waals surface area contributed by atoms with Gasteiger partial charge in [0.25, 0.3) is 0 Å². The molecule has 0 aromatic rings. The molecule has 0 fully saturated rings. The molecule has 294 valence electrons. The second-order valence-corrected chi connectivity index (χ2v) is 13.8. The molecule has 0 aliphatic rings. The molecule has 52 heavy (non-hydrogen) atoms. The number of ether oxygens (including phenoxy) is 2. The van der Waals surface area contributed by atoms with Gasteiger partial charge in [0.15, 0.2) is 6.10 Å². The zero-order chi connectivity index (χ0) is 38.2. The number of phosphoric acid groups is 1. The Balaban J connectivity index is 4.14. The van der Waals surface area contributed by atoms with E-state index < -0.39 is 32.5 Å². The molecule has 0 rings (SSSR count). The first kappa shape index (κ1) is 49.0. The van der Waals surface area contributed by atoms with E-state index in [0.29, 0.717) is 12.8 Å². The van der Waals surface area contributed by atoms with Gasteiger partial charge in [-0.3, -0.25) is 14.1 Å². The normalized spacial score (nSPS) is 13.5. The van der Waals surface area contributed by atoms with Crippen molar-refractivity contribution in [2.75, 3.05) is 13.2 Å². The molecule has 0 aromatic carbocycles. The summed E-state index contributed by atoms with van der Waals surface area (Å²) in [7, 11) is -4.78. The van der Waals surface area contributed by atoms with Crippen molar-refractivity contribution in [3.8, 4) is 0 Å². The molecular formula is C43H69O8P. The van der Waals surface area contributed by atoms with Gasteiger partial charge in [-0.2, -0.15) is 0 Å². The maximum absolute atomic E-state index is 12.3. The molecule has 8 nitrogen and oxygen atoms in total. The molecule has 0 aliphatic heterocycles. The number of carbonyl (C=O) groups excluding carboxylic acids is 2. The summed E-state index contributed by atoms with van der Waals surface area (Å²) in [6, 6.07) is 0. The summed E-state index contributed by atoms with van der Waals surface area (Å²) < 4.78 is 26.2. The van der Waals surface area contributed by atoms with Crippen LogP contribution in [0.5, 0.6) is 0 Å². The molecule has 1 atom stereocenters. The highest BCUT2D eigenvalue weighted by Gasteiger charge is 2.22. The molecule has 0 aromatic heterocycles. The van der Waals surface area contributed by atoms with Gasteiger partial charge in [0.2, 0.25) is 0 Å². The zero-order valence-electron chi connectivity index (χ0n) is 32.2. The first-order chi connectivity index (χ1) is 25.3. The number of hydrogen-bond acceptors (Lipinski definition) is 6. The molecule has 0 aliphatic carbocycles. The lowest BCUT2D eigenvalue weighted by Crippen LogP contribution is -2.29. The minimum absolute atomic E-state index is 0.0786. The summed E-state index contributed by atoms with van der Waals surface area (Å²) in [5, 5.41) is 0. The van der Waals surface area contributed by atoms with Gasteiger partial charge in [-0.15, -0.1) is 0 Å². The van der Waals surface area contributed by atoms with E-state index in [0.717, 1.165) is 77.0 Å². The van der Waals surface area contributed by atoms with Crippen molar-refractivity contribution in [1.82, 2.24) is 0 Å². The largest absolute Gasteiger partial charge is 0.469 e. The number of unbranched alkanes of at least 4 members (excludes halogenated alkanes) is 8. The van der Waals surface area contributed by atoms with Crippen LogP contribution in [0.2, 0.25) is 0 Å². The number of allylic oxidation sites excluding steroid dienone is 16. The monoisotopic (exact) mass is 744 g/mol. The van der Waals surface area contributed by atoms with E-state index in [4.69, 9.17) is 19.3 Å². The van der Waals surface area contributed by atoms with Gasteiger partial charge in [0.1, 0.15) is 6.61 Å². The van der Waals surface area contributed by atoms with Gasteiger partial charge < -0.3 is 19.3 Å². The number of esters is 2. The third kappa shape index (κ3) is 39.8. The SMILES string of the molecule is CC/C=C\C/C=C\C/C=C\CCCCCCCC(=O)OC[C@H](COP(=O)(O)O)OC(=O)CC/C=C\C/C=C\C/C=C\C/C=C\C/C=C\CCCCC. The second kappa shape index (κ2) is 37.7. The Hall–Kier alpha value is -3.03. The standard InChI is InChI=1S/C43H69O8P/c1-3-5-7-9-11-13-15-17-19-20-21-22-24-26-28-30-32-34-36-38-43(45)51-41(40-50-52(46,47)48)39-49-42(44)37-35-33-31-29-27-25-23-18-16-14-12-10-8-6-4-2/h6,8,11-14,17-19,21-23,26,28,32,34,41H,3-5,7,9-10,15-16,20,24-25,27,29-31,33,35-40H2,1-2H3,(H2,46,47,48)/b8-6-,13-11-,14-12-,19-17-,22-21-,23-18-,28-26-,34-32-/t41-/m1/s1. The van der Waals surface area contributed by atoms with Crippen LogP contribution in [-0.2, 0) is 28.2 Å². The van der Waals surface area contributed by atoms with Gasteiger partial charge in [0.05, 0.1) is 6.61 Å². The summed E-state index contributed by atoms with van der Waals surface area (Å²) in [4.78, 5) is 42.7. The van der Waals surface area contributed by atoms with Crippen LogP contribution in [0.3, 0.4) is 0 Å². The quantitative estimate of drug-likeness (QED) is 0.0289. The highest BCUT2D eigenvalue weighted by Crippen LogP contribution is 2.35. The molecule has 2 N–H and O–H groups in total. The van der Waals surface area contributed by atoms with E-state index in [1.807, 2.05) is 12.2 Å². The Kier molecular flexibility index (Phi) is 35.5. The van der Waals surface area contributed by atoms with E-state index >= 15 is 0 Å². The number of phosphoric ester groups is 1. The van der Waals surface area contributed by atoms with Crippen LogP contribution in [-0.4, -0.2) is 41.0 Å². The van der Waals surface area contributed by atoms with Crippen molar-refractivity contribution in [3.63, 3.8) is 0 Å². The maximum Gasteiger partial charge on any atom is 0.469 e. The molecule has 0 spiro atoms. The minimum Gasteiger partial charge on any atom is -0.462 e. The van der Waals surface area contributed by atoms with Crippen LogP contribution >= 0.6 is 7.82 Å². The Bertz CT molecular complexity index is 1160. The molecule has 0 amide bonds. The summed E-state index contributed by atoms with van der Waals surface area (Å²) in [5.41, 5.74) is 0. The van der Waals surface area contributed by atoms with Crippen molar-refractivity contribution in [2.24, 2.45) is 0 Å². The molecular weight excluding hydrogens is 675 g/mol. The highest BCUT2D eigenvalue weighted by molar-refractivity contribution is 7.46. The second-order valence-electron chi connectivity index (χ2n) is 12.5. The van der Waals surface area contributed by atoms with E-state index in [2.05, 4.69) is 103 Å². The average Bonchev–Trinajstić information content (AvgIpc) is 3.11. The zero-order valence-corrected chi connectivity index (χ0v) is 33.1. The molecule has 0 heterocycles. The van der Waals surface area contributed by atoms with Crippen LogP contribution in [0, 0.1) is 0 Å². The summed E-state index contributed by atoms with van der Waals surface area (Å²) in [6.45, 7) is 3.44. The van der Waals surface area contributed by atoms with E-state index in [1.165, 1.54) is 25.7 Å². The number of carbonyl (C=O) groups is 2. The van der Waals surface area contributed by atoms with Gasteiger partial charge in [0, 0.05) is 12.8 Å². The summed E-state index contributed by atoms with van der Waals surface area (Å²) >= 11 is 0. The van der Waals surface area contributed by atoms with Gasteiger partial charge in [-0.1, -0.05) is 143 Å². The predicted molar refractivity (Wildman–Crippen MR) is 216 cm³/mol. The third-order valence-electron chi connectivity index (χ3n) is 7.60. The molecule has 0 saturated heterocycles. The Morgan fingerprint density at radius 1 is 0.519 bits per heavy atom. The summed E-state index contributed by atoms with van der Waals surface area (Å²) in [5.74, 6) is -1.01. The molecule has 0 saturated carbocycles. The van der Waals surface area contributed by atoms with Crippen LogP contribution in [0.15, 0.2) is 97.2 Å². The minimum atomic E-state index is -4.78. The third-order valence-corrected chi connectivity index (χ3v) is 8.09. The topological polar surface area (TPSA) is 119 Å². The Morgan fingerprint density at radius 2 is 0.962 bits per heavy atom. The lowest BCUT2D eigenvalue weighted by atomic mass is 10.1. The van der Waals surface area contributed by atoms with Crippen molar-refractivity contribution in [2.45, 2.75) is 148 Å². The van der Waals surface area contributed by atoms with Crippen LogP contribution < -0.4 is 0 Å². The number of rotatable bonds is 34. The van der Waals surface area contributed by atoms with E-state index in [1.54, 1.807) is 0 Å². The van der Waals surface area contributed by atoms with Crippen molar-refractivity contribution in [3.05, 3.63) is 97.2 Å². The first-order valence-corrected chi connectivity index (χ1v) is 21.1. The Labute approximate surface area is 315 Å². The van der Waals surface area contributed by atoms with Gasteiger partial charge >= 0.3 is 19.8 Å². The van der Waals surface area contributed by atoms with Crippen LogP contribution in [0.25, 0.3) is 0 Å². The van der Waals surface area contributed by atoms with Crippen molar-refractivity contribution >= 4 is 19.8 Å². The summed E-state index contributed by atoms with van der Waals surface area (Å²) in [6.07, 6.45) is 51.4. The molecule has 0 bridgehead atoms. The number of hydrogen-bond donors (Lipinski definition) is 2.